The molecule has 1 aromatic carbocycles. The number of pyridine rings is 1. The highest BCUT2D eigenvalue weighted by Gasteiger charge is 2.14. The van der Waals surface area contributed by atoms with Crippen LogP contribution in [0.3, 0.4) is 0 Å². The Bertz CT molecular complexity index is 869. The number of carbonyl (C=O) groups excluding carboxylic acids is 1. The maximum atomic E-state index is 10.6. The average Bonchev–Trinajstić information content (AvgIpc) is 2.90. The van der Waals surface area contributed by atoms with E-state index < -0.39 is 0 Å². The highest BCUT2D eigenvalue weighted by Crippen LogP contribution is 2.33. The number of fused-ring (bicyclic) bond motifs is 1. The number of nitrogens with one attached hydrogen (secondary N) is 2. The molecule has 3 rings (SSSR count). The van der Waals surface area contributed by atoms with Crippen molar-refractivity contribution in [2.45, 2.75) is 13.3 Å². The Morgan fingerprint density at radius 1 is 1.35 bits per heavy atom. The minimum atomic E-state index is 0.666. The molecule has 0 radical (unpaired) electrons. The summed E-state index contributed by atoms with van der Waals surface area (Å²) < 4.78 is 0. The van der Waals surface area contributed by atoms with E-state index in [4.69, 9.17) is 0 Å². The van der Waals surface area contributed by atoms with E-state index in [1.54, 1.807) is 6.20 Å². The first kappa shape index (κ1) is 15.4. The van der Waals surface area contributed by atoms with Crippen LogP contribution in [0.2, 0.25) is 0 Å². The zero-order valence-electron chi connectivity index (χ0n) is 12.8. The predicted molar refractivity (Wildman–Crippen MR) is 97.0 cm³/mol. The van der Waals surface area contributed by atoms with Gasteiger partial charge in [-0.25, -0.2) is 4.98 Å². The van der Waals surface area contributed by atoms with Gasteiger partial charge in [0.15, 0.2) is 0 Å². The third kappa shape index (κ3) is 3.33. The number of aryl methyl sites for hydroxylation is 1. The largest absolute Gasteiger partial charge is 0.342 e. The van der Waals surface area contributed by atoms with Gasteiger partial charge in [0.1, 0.15) is 5.65 Å². The van der Waals surface area contributed by atoms with Crippen LogP contribution in [0.15, 0.2) is 48.8 Å². The second-order valence-electron chi connectivity index (χ2n) is 5.43. The summed E-state index contributed by atoms with van der Waals surface area (Å²) in [5.74, 6) is 0. The molecule has 0 bridgehead atoms. The molecule has 1 amide bonds. The molecule has 2 aromatic heterocycles. The topological polar surface area (TPSA) is 57.8 Å². The number of benzene rings is 1. The minimum absolute atomic E-state index is 0.666. The smallest absolute Gasteiger partial charge is 0.211 e. The Hall–Kier alpha value is -2.45. The van der Waals surface area contributed by atoms with Crippen LogP contribution in [0, 0.1) is 6.92 Å². The summed E-state index contributed by atoms with van der Waals surface area (Å²) in [6.45, 7) is 2.02. The number of aromatic nitrogens is 2. The van der Waals surface area contributed by atoms with Crippen LogP contribution in [0.1, 0.15) is 22.4 Å². The first-order valence-corrected chi connectivity index (χ1v) is 7.93. The van der Waals surface area contributed by atoms with E-state index in [0.29, 0.717) is 6.41 Å². The van der Waals surface area contributed by atoms with Crippen molar-refractivity contribution in [2.24, 2.45) is 0 Å². The summed E-state index contributed by atoms with van der Waals surface area (Å²) >= 11 is 0. The molecule has 1 atom stereocenters. The number of aromatic amines is 1. The lowest BCUT2D eigenvalue weighted by atomic mass is 10.0. The molecule has 2 N–H and O–H groups in total. The molecule has 0 saturated heterocycles. The quantitative estimate of drug-likeness (QED) is 0.558. The molecule has 5 heteroatoms. The predicted octanol–water partition coefficient (Wildman–Crippen LogP) is 3.38. The maximum Gasteiger partial charge on any atom is 0.211 e. The van der Waals surface area contributed by atoms with Crippen molar-refractivity contribution in [1.29, 1.82) is 0 Å². The second kappa shape index (κ2) is 6.76. The lowest BCUT2D eigenvalue weighted by Gasteiger charge is -2.06. The molecule has 0 aliphatic carbocycles. The molecule has 4 nitrogen and oxygen atoms in total. The molecular formula is C18H18N3OP. The Labute approximate surface area is 137 Å². The zero-order valence-corrected chi connectivity index (χ0v) is 14.0. The van der Waals surface area contributed by atoms with E-state index >= 15 is 0 Å². The Morgan fingerprint density at radius 3 is 2.87 bits per heavy atom. The molecule has 0 aliphatic heterocycles. The number of nitrogens with zero attached hydrogens (tertiary/aromatic N) is 1. The second-order valence-corrected chi connectivity index (χ2v) is 6.06. The van der Waals surface area contributed by atoms with Crippen molar-refractivity contribution in [3.63, 3.8) is 0 Å². The molecule has 3 aromatic rings. The van der Waals surface area contributed by atoms with Gasteiger partial charge in [-0.2, -0.15) is 0 Å². The fourth-order valence-corrected chi connectivity index (χ4v) is 3.11. The van der Waals surface area contributed by atoms with Crippen molar-refractivity contribution in [3.05, 3.63) is 71.2 Å². The van der Waals surface area contributed by atoms with Gasteiger partial charge >= 0.3 is 0 Å². The van der Waals surface area contributed by atoms with Gasteiger partial charge in [-0.3, -0.25) is 4.79 Å². The summed E-state index contributed by atoms with van der Waals surface area (Å²) in [5, 5.41) is 4.59. The monoisotopic (exact) mass is 323 g/mol. The third-order valence-electron chi connectivity index (χ3n) is 3.68. The van der Waals surface area contributed by atoms with Crippen LogP contribution >= 0.6 is 9.24 Å². The first-order chi connectivity index (χ1) is 11.2. The highest BCUT2D eigenvalue weighted by molar-refractivity contribution is 7.31. The number of carbonyl (C=O) groups is 1. The van der Waals surface area contributed by atoms with Gasteiger partial charge in [-0.15, -0.1) is 9.24 Å². The third-order valence-corrected chi connectivity index (χ3v) is 4.14. The Balaban J connectivity index is 2.14. The Morgan fingerprint density at radius 2 is 2.13 bits per heavy atom. The molecule has 1 unspecified atom stereocenters. The van der Waals surface area contributed by atoms with Crippen molar-refractivity contribution in [2.75, 3.05) is 0 Å². The summed E-state index contributed by atoms with van der Waals surface area (Å²) in [7, 11) is 2.69. The summed E-state index contributed by atoms with van der Waals surface area (Å²) in [6, 6.07) is 12.4. The number of rotatable bonds is 5. The lowest BCUT2D eigenvalue weighted by molar-refractivity contribution is -0.108. The first-order valence-electron chi connectivity index (χ1n) is 7.36. The molecule has 0 spiro atoms. The molecular weight excluding hydrogens is 305 g/mol. The summed E-state index contributed by atoms with van der Waals surface area (Å²) in [4.78, 5) is 18.5. The van der Waals surface area contributed by atoms with Gasteiger partial charge in [-0.05, 0) is 29.4 Å². The minimum Gasteiger partial charge on any atom is -0.342 e. The molecule has 23 heavy (non-hydrogen) atoms. The fourth-order valence-electron chi connectivity index (χ4n) is 2.69. The normalized spacial score (nSPS) is 11.7. The van der Waals surface area contributed by atoms with Crippen LogP contribution < -0.4 is 5.32 Å². The zero-order chi connectivity index (χ0) is 16.2. The highest BCUT2D eigenvalue weighted by atomic mass is 31.0. The van der Waals surface area contributed by atoms with Gasteiger partial charge in [-0.1, -0.05) is 30.3 Å². The van der Waals surface area contributed by atoms with Gasteiger partial charge < -0.3 is 10.3 Å². The van der Waals surface area contributed by atoms with Gasteiger partial charge in [0, 0.05) is 35.5 Å². The number of hydrogen-bond donors (Lipinski definition) is 2. The lowest BCUT2D eigenvalue weighted by Crippen LogP contribution is -2.00. The summed E-state index contributed by atoms with van der Waals surface area (Å²) in [5.41, 5.74) is 5.33. The maximum absolute atomic E-state index is 10.6. The fraction of sp³-hybridized carbons (Fsp3) is 0.111. The van der Waals surface area contributed by atoms with E-state index in [1.165, 1.54) is 5.56 Å². The number of hydrogen-bond acceptors (Lipinski definition) is 2. The van der Waals surface area contributed by atoms with E-state index in [2.05, 4.69) is 42.7 Å². The molecule has 0 aliphatic rings. The molecule has 116 valence electrons. The van der Waals surface area contributed by atoms with Gasteiger partial charge in [0.05, 0.1) is 0 Å². The van der Waals surface area contributed by atoms with E-state index in [1.807, 2.05) is 31.3 Å². The molecule has 2 heterocycles. The van der Waals surface area contributed by atoms with Crippen LogP contribution in [0.5, 0.6) is 0 Å². The van der Waals surface area contributed by atoms with Gasteiger partial charge in [0.25, 0.3) is 0 Å². The van der Waals surface area contributed by atoms with Crippen LogP contribution in [-0.2, 0) is 11.2 Å². The van der Waals surface area contributed by atoms with Crippen molar-refractivity contribution in [1.82, 2.24) is 15.3 Å². The van der Waals surface area contributed by atoms with Crippen LogP contribution in [0.4, 0.5) is 0 Å². The van der Waals surface area contributed by atoms with E-state index in [9.17, 15) is 4.79 Å². The van der Waals surface area contributed by atoms with Crippen LogP contribution in [-0.4, -0.2) is 16.4 Å². The Kier molecular flexibility index (Phi) is 4.54. The number of H-pyrrole nitrogens is 1. The summed E-state index contributed by atoms with van der Waals surface area (Å²) in [6.07, 6.45) is 4.99. The average molecular weight is 323 g/mol. The molecule has 0 saturated carbocycles. The van der Waals surface area contributed by atoms with E-state index in [0.717, 1.165) is 39.6 Å². The molecule has 0 fully saturated rings. The SMILES string of the molecule is Cc1cnc2[nH]c(Cc3ccccc3)c(/C(P)=C\NC=O)c2c1. The van der Waals surface area contributed by atoms with Crippen molar-refractivity contribution in [3.8, 4) is 0 Å². The standard InChI is InChI=1S/C18H18N3OP/c1-12-7-14-17(16(23)10-19-11-22)15(21-18(14)20-9-12)8-13-5-3-2-4-6-13/h2-7,9-11H,8,23H2,1H3,(H,19,22)(H,20,21)/b16-10+. The van der Waals surface area contributed by atoms with Gasteiger partial charge in [0.2, 0.25) is 6.41 Å². The van der Waals surface area contributed by atoms with Crippen molar-refractivity contribution >= 4 is 32.0 Å². The van der Waals surface area contributed by atoms with Crippen molar-refractivity contribution < 1.29 is 4.79 Å². The number of amides is 1. The van der Waals surface area contributed by atoms with E-state index in [-0.39, 0.29) is 0 Å². The van der Waals surface area contributed by atoms with Crippen LogP contribution in [0.25, 0.3) is 16.3 Å².